The van der Waals surface area contributed by atoms with Gasteiger partial charge in [0.2, 0.25) is 5.91 Å². The number of aromatic nitrogens is 1. The summed E-state index contributed by atoms with van der Waals surface area (Å²) in [5.74, 6) is 1.35. The molecule has 1 aromatic heterocycles. The molecule has 0 spiro atoms. The molecule has 1 unspecified atom stereocenters. The van der Waals surface area contributed by atoms with Gasteiger partial charge >= 0.3 is 0 Å². The molecule has 0 aliphatic rings. The van der Waals surface area contributed by atoms with Gasteiger partial charge in [-0.1, -0.05) is 57.9 Å². The second kappa shape index (κ2) is 9.69. The molecule has 1 atom stereocenters. The topological polar surface area (TPSA) is 55.1 Å². The summed E-state index contributed by atoms with van der Waals surface area (Å²) in [4.78, 5) is 16.5. The Bertz CT molecular complexity index is 901. The van der Waals surface area contributed by atoms with E-state index in [1.807, 2.05) is 50.2 Å². The molecule has 5 heteroatoms. The van der Waals surface area contributed by atoms with E-state index >= 15 is 0 Å². The zero-order valence-electron chi connectivity index (χ0n) is 16.2. The summed E-state index contributed by atoms with van der Waals surface area (Å²) in [6, 6.07) is 16.5. The summed E-state index contributed by atoms with van der Waals surface area (Å²) in [5, 5.41) is 3.06. The molecule has 1 amide bonds. The lowest BCUT2D eigenvalue weighted by Gasteiger charge is -2.13. The zero-order valence-corrected chi connectivity index (χ0v) is 17.8. The minimum atomic E-state index is 0.0263. The SMILES string of the molecule is Cc1ccc(-c2cnc(CCC(=O)NC(C)CCc3ccc(Br)cc3)o2)cc1. The van der Waals surface area contributed by atoms with E-state index in [2.05, 4.69) is 38.4 Å². The van der Waals surface area contributed by atoms with Gasteiger partial charge in [-0.15, -0.1) is 0 Å². The Labute approximate surface area is 174 Å². The Hall–Kier alpha value is -2.40. The highest BCUT2D eigenvalue weighted by Crippen LogP contribution is 2.21. The molecule has 1 N–H and O–H groups in total. The number of carbonyl (C=O) groups is 1. The maximum absolute atomic E-state index is 12.2. The highest BCUT2D eigenvalue weighted by Gasteiger charge is 2.11. The maximum atomic E-state index is 12.2. The predicted octanol–water partition coefficient (Wildman–Crippen LogP) is 5.48. The minimum absolute atomic E-state index is 0.0263. The van der Waals surface area contributed by atoms with Crippen molar-refractivity contribution in [2.24, 2.45) is 0 Å². The highest BCUT2D eigenvalue weighted by molar-refractivity contribution is 9.10. The van der Waals surface area contributed by atoms with Crippen LogP contribution in [-0.4, -0.2) is 16.9 Å². The van der Waals surface area contributed by atoms with Crippen LogP contribution in [0.4, 0.5) is 0 Å². The van der Waals surface area contributed by atoms with Gasteiger partial charge in [0, 0.05) is 28.9 Å². The highest BCUT2D eigenvalue weighted by atomic mass is 79.9. The standard InChI is InChI=1S/C23H25BrN2O2/c1-16-3-9-19(10-4-16)21-15-25-23(28-21)14-13-22(27)26-17(2)5-6-18-7-11-20(24)12-8-18/h3-4,7-12,15,17H,5-6,13-14H2,1-2H3,(H,26,27). The van der Waals surface area contributed by atoms with Crippen LogP contribution in [-0.2, 0) is 17.6 Å². The number of benzene rings is 2. The third-order valence-electron chi connectivity index (χ3n) is 4.64. The minimum Gasteiger partial charge on any atom is -0.441 e. The van der Waals surface area contributed by atoms with Crippen molar-refractivity contribution in [1.82, 2.24) is 10.3 Å². The number of oxazole rings is 1. The van der Waals surface area contributed by atoms with Crippen molar-refractivity contribution >= 4 is 21.8 Å². The molecule has 3 aromatic rings. The number of aryl methyl sites for hydroxylation is 3. The van der Waals surface area contributed by atoms with E-state index in [0.29, 0.717) is 18.7 Å². The molecular weight excluding hydrogens is 416 g/mol. The second-order valence-corrected chi connectivity index (χ2v) is 8.03. The average Bonchev–Trinajstić information content (AvgIpc) is 3.15. The van der Waals surface area contributed by atoms with Crippen molar-refractivity contribution in [2.45, 2.75) is 45.6 Å². The van der Waals surface area contributed by atoms with Crippen molar-refractivity contribution in [2.75, 3.05) is 0 Å². The lowest BCUT2D eigenvalue weighted by atomic mass is 10.1. The summed E-state index contributed by atoms with van der Waals surface area (Å²) < 4.78 is 6.86. The average molecular weight is 441 g/mol. The number of halogens is 1. The van der Waals surface area contributed by atoms with Crippen molar-refractivity contribution in [3.63, 3.8) is 0 Å². The van der Waals surface area contributed by atoms with E-state index in [0.717, 1.165) is 28.6 Å². The fourth-order valence-corrected chi connectivity index (χ4v) is 3.22. The van der Waals surface area contributed by atoms with Gasteiger partial charge in [0.05, 0.1) is 6.20 Å². The first-order valence-electron chi connectivity index (χ1n) is 9.55. The van der Waals surface area contributed by atoms with Crippen LogP contribution < -0.4 is 5.32 Å². The number of nitrogens with one attached hydrogen (secondary N) is 1. The van der Waals surface area contributed by atoms with Crippen molar-refractivity contribution in [3.05, 3.63) is 76.2 Å². The first kappa shape index (κ1) is 20.3. The van der Waals surface area contributed by atoms with Gasteiger partial charge in [-0.3, -0.25) is 4.79 Å². The van der Waals surface area contributed by atoms with Gasteiger partial charge in [0.1, 0.15) is 0 Å². The van der Waals surface area contributed by atoms with Crippen LogP contribution in [0.15, 0.2) is 63.6 Å². The molecule has 0 aliphatic carbocycles. The lowest BCUT2D eigenvalue weighted by Crippen LogP contribution is -2.33. The van der Waals surface area contributed by atoms with E-state index in [4.69, 9.17) is 4.42 Å². The molecular formula is C23H25BrN2O2. The number of carbonyl (C=O) groups excluding carboxylic acids is 1. The van der Waals surface area contributed by atoms with Crippen LogP contribution in [0.2, 0.25) is 0 Å². The monoisotopic (exact) mass is 440 g/mol. The first-order chi connectivity index (χ1) is 13.5. The number of hydrogen-bond acceptors (Lipinski definition) is 3. The Balaban J connectivity index is 1.42. The third kappa shape index (κ3) is 6.06. The van der Waals surface area contributed by atoms with E-state index in [1.165, 1.54) is 11.1 Å². The summed E-state index contributed by atoms with van der Waals surface area (Å²) in [5.41, 5.74) is 3.47. The Morgan fingerprint density at radius 3 is 2.54 bits per heavy atom. The van der Waals surface area contributed by atoms with Crippen LogP contribution in [0.3, 0.4) is 0 Å². The Morgan fingerprint density at radius 2 is 1.82 bits per heavy atom. The quantitative estimate of drug-likeness (QED) is 0.504. The molecule has 0 fully saturated rings. The Morgan fingerprint density at radius 1 is 1.11 bits per heavy atom. The van der Waals surface area contributed by atoms with Gasteiger partial charge in [0.15, 0.2) is 11.7 Å². The van der Waals surface area contributed by atoms with Crippen LogP contribution in [0.1, 0.15) is 36.8 Å². The van der Waals surface area contributed by atoms with Crippen LogP contribution >= 0.6 is 15.9 Å². The summed E-state index contributed by atoms with van der Waals surface area (Å²) >= 11 is 3.44. The van der Waals surface area contributed by atoms with Gasteiger partial charge in [-0.2, -0.15) is 0 Å². The smallest absolute Gasteiger partial charge is 0.220 e. The van der Waals surface area contributed by atoms with Crippen molar-refractivity contribution in [3.8, 4) is 11.3 Å². The molecule has 0 saturated carbocycles. The molecule has 3 rings (SSSR count). The van der Waals surface area contributed by atoms with E-state index in [-0.39, 0.29) is 11.9 Å². The van der Waals surface area contributed by atoms with Crippen LogP contribution in [0.5, 0.6) is 0 Å². The summed E-state index contributed by atoms with van der Waals surface area (Å²) in [6.45, 7) is 4.09. The second-order valence-electron chi connectivity index (χ2n) is 7.12. The van der Waals surface area contributed by atoms with Crippen LogP contribution in [0.25, 0.3) is 11.3 Å². The summed E-state index contributed by atoms with van der Waals surface area (Å²) in [7, 11) is 0. The van der Waals surface area contributed by atoms with Crippen LogP contribution in [0, 0.1) is 6.92 Å². The van der Waals surface area contributed by atoms with E-state index in [9.17, 15) is 4.79 Å². The lowest BCUT2D eigenvalue weighted by molar-refractivity contribution is -0.121. The molecule has 146 valence electrons. The molecule has 2 aromatic carbocycles. The Kier molecular flexibility index (Phi) is 7.04. The molecule has 0 radical (unpaired) electrons. The van der Waals surface area contributed by atoms with Crippen molar-refractivity contribution in [1.29, 1.82) is 0 Å². The van der Waals surface area contributed by atoms with E-state index < -0.39 is 0 Å². The fourth-order valence-electron chi connectivity index (χ4n) is 2.95. The summed E-state index contributed by atoms with van der Waals surface area (Å²) in [6.07, 6.45) is 4.44. The molecule has 0 bridgehead atoms. The van der Waals surface area contributed by atoms with Crippen molar-refractivity contribution < 1.29 is 9.21 Å². The largest absolute Gasteiger partial charge is 0.441 e. The maximum Gasteiger partial charge on any atom is 0.220 e. The fraction of sp³-hybridized carbons (Fsp3) is 0.304. The van der Waals surface area contributed by atoms with Gasteiger partial charge in [-0.05, 0) is 44.4 Å². The van der Waals surface area contributed by atoms with Gasteiger partial charge in [-0.25, -0.2) is 4.98 Å². The molecule has 1 heterocycles. The predicted molar refractivity (Wildman–Crippen MR) is 115 cm³/mol. The molecule has 0 aliphatic heterocycles. The van der Waals surface area contributed by atoms with E-state index in [1.54, 1.807) is 6.20 Å². The number of amides is 1. The molecule has 28 heavy (non-hydrogen) atoms. The zero-order chi connectivity index (χ0) is 19.9. The first-order valence-corrected chi connectivity index (χ1v) is 10.3. The molecule has 0 saturated heterocycles. The number of hydrogen-bond donors (Lipinski definition) is 1. The third-order valence-corrected chi connectivity index (χ3v) is 5.17. The number of nitrogens with zero attached hydrogens (tertiary/aromatic N) is 1. The number of rotatable bonds is 8. The normalized spacial score (nSPS) is 12.0. The van der Waals surface area contributed by atoms with Gasteiger partial charge in [0.25, 0.3) is 0 Å². The molecule has 4 nitrogen and oxygen atoms in total. The van der Waals surface area contributed by atoms with Gasteiger partial charge < -0.3 is 9.73 Å².